The van der Waals surface area contributed by atoms with Crippen molar-refractivity contribution in [3.8, 4) is 11.5 Å². The van der Waals surface area contributed by atoms with Gasteiger partial charge in [0.2, 0.25) is 0 Å². The molecule has 1 aliphatic rings. The van der Waals surface area contributed by atoms with Gasteiger partial charge in [-0.3, -0.25) is 0 Å². The number of benzene rings is 1. The molecule has 3 heteroatoms. The summed E-state index contributed by atoms with van der Waals surface area (Å²) in [6.07, 6.45) is 6.31. The third-order valence-electron chi connectivity index (χ3n) is 3.91. The first kappa shape index (κ1) is 16.2. The predicted molar refractivity (Wildman–Crippen MR) is 87.1 cm³/mol. The average Bonchev–Trinajstić information content (AvgIpc) is 3.33. The average molecular weight is 291 g/mol. The topological polar surface area (TPSA) is 30.5 Å². The van der Waals surface area contributed by atoms with Crippen molar-refractivity contribution < 1.29 is 9.47 Å². The lowest BCUT2D eigenvalue weighted by Gasteiger charge is -2.18. The lowest BCUT2D eigenvalue weighted by atomic mass is 10.1. The van der Waals surface area contributed by atoms with Crippen LogP contribution in [0.5, 0.6) is 11.5 Å². The highest BCUT2D eigenvalue weighted by atomic mass is 16.5. The fraction of sp³-hybridized carbons (Fsp3) is 0.667. The SMILES string of the molecule is CCCNC(CCCOc1ccccc1OCC)C1CC1. The fourth-order valence-electron chi connectivity index (χ4n) is 2.66. The first-order valence-electron chi connectivity index (χ1n) is 8.43. The van der Waals surface area contributed by atoms with Crippen molar-refractivity contribution in [2.45, 2.75) is 52.0 Å². The first-order chi connectivity index (χ1) is 10.3. The molecule has 0 aromatic heterocycles. The smallest absolute Gasteiger partial charge is 0.161 e. The van der Waals surface area contributed by atoms with E-state index < -0.39 is 0 Å². The number of hydrogen-bond donors (Lipinski definition) is 1. The molecule has 1 aliphatic carbocycles. The zero-order valence-corrected chi connectivity index (χ0v) is 13.4. The molecule has 0 spiro atoms. The summed E-state index contributed by atoms with van der Waals surface area (Å²) in [5, 5.41) is 3.68. The van der Waals surface area contributed by atoms with E-state index in [2.05, 4.69) is 12.2 Å². The molecule has 1 aromatic carbocycles. The van der Waals surface area contributed by atoms with E-state index >= 15 is 0 Å². The molecule has 21 heavy (non-hydrogen) atoms. The van der Waals surface area contributed by atoms with Gasteiger partial charge in [-0.05, 0) is 63.6 Å². The Balaban J connectivity index is 1.71. The summed E-state index contributed by atoms with van der Waals surface area (Å²) < 4.78 is 11.5. The summed E-state index contributed by atoms with van der Waals surface area (Å²) >= 11 is 0. The molecule has 0 bridgehead atoms. The summed E-state index contributed by atoms with van der Waals surface area (Å²) in [5.74, 6) is 2.62. The minimum Gasteiger partial charge on any atom is -0.490 e. The Morgan fingerprint density at radius 1 is 1.14 bits per heavy atom. The summed E-state index contributed by atoms with van der Waals surface area (Å²) in [4.78, 5) is 0. The molecule has 0 saturated heterocycles. The van der Waals surface area contributed by atoms with Crippen molar-refractivity contribution in [2.24, 2.45) is 5.92 Å². The molecule has 2 rings (SSSR count). The van der Waals surface area contributed by atoms with Crippen LogP contribution < -0.4 is 14.8 Å². The maximum Gasteiger partial charge on any atom is 0.161 e. The quantitative estimate of drug-likeness (QED) is 0.625. The Bertz CT molecular complexity index is 404. The van der Waals surface area contributed by atoms with E-state index in [9.17, 15) is 0 Å². The van der Waals surface area contributed by atoms with Crippen LogP contribution in [-0.2, 0) is 0 Å². The Labute approximate surface area is 129 Å². The van der Waals surface area contributed by atoms with Gasteiger partial charge in [-0.1, -0.05) is 19.1 Å². The van der Waals surface area contributed by atoms with Gasteiger partial charge in [-0.2, -0.15) is 0 Å². The van der Waals surface area contributed by atoms with Gasteiger partial charge >= 0.3 is 0 Å². The van der Waals surface area contributed by atoms with E-state index in [0.29, 0.717) is 12.6 Å². The molecule has 1 aromatic rings. The molecule has 0 aliphatic heterocycles. The Morgan fingerprint density at radius 2 is 1.86 bits per heavy atom. The molecule has 1 fully saturated rings. The van der Waals surface area contributed by atoms with Gasteiger partial charge < -0.3 is 14.8 Å². The van der Waals surface area contributed by atoms with Crippen molar-refractivity contribution in [3.63, 3.8) is 0 Å². The third-order valence-corrected chi connectivity index (χ3v) is 3.91. The third kappa shape index (κ3) is 5.58. The minimum atomic E-state index is 0.672. The van der Waals surface area contributed by atoms with Crippen molar-refractivity contribution in [3.05, 3.63) is 24.3 Å². The van der Waals surface area contributed by atoms with Gasteiger partial charge in [0.25, 0.3) is 0 Å². The van der Waals surface area contributed by atoms with Crippen molar-refractivity contribution >= 4 is 0 Å². The molecule has 0 amide bonds. The van der Waals surface area contributed by atoms with E-state index in [1.807, 2.05) is 31.2 Å². The Hall–Kier alpha value is -1.22. The van der Waals surface area contributed by atoms with E-state index in [4.69, 9.17) is 9.47 Å². The zero-order valence-electron chi connectivity index (χ0n) is 13.4. The van der Waals surface area contributed by atoms with Crippen LogP contribution in [0.2, 0.25) is 0 Å². The normalized spacial score (nSPS) is 15.7. The molecule has 118 valence electrons. The van der Waals surface area contributed by atoms with Gasteiger partial charge in [0.05, 0.1) is 13.2 Å². The number of nitrogens with one attached hydrogen (secondary N) is 1. The largest absolute Gasteiger partial charge is 0.490 e. The first-order valence-corrected chi connectivity index (χ1v) is 8.43. The van der Waals surface area contributed by atoms with Crippen molar-refractivity contribution in [1.82, 2.24) is 5.32 Å². The van der Waals surface area contributed by atoms with Gasteiger partial charge in [0.15, 0.2) is 11.5 Å². The summed E-state index contributed by atoms with van der Waals surface area (Å²) in [6, 6.07) is 8.62. The Kier molecular flexibility index (Phi) is 6.87. The van der Waals surface area contributed by atoms with E-state index in [1.165, 1.54) is 25.7 Å². The molecule has 0 radical (unpaired) electrons. The number of rotatable bonds is 11. The molecule has 1 atom stereocenters. The molecular formula is C18H29NO2. The molecule has 0 heterocycles. The second kappa shape index (κ2) is 8.93. The highest BCUT2D eigenvalue weighted by molar-refractivity contribution is 5.39. The maximum absolute atomic E-state index is 5.89. The van der Waals surface area contributed by atoms with E-state index in [0.717, 1.165) is 37.0 Å². The molecule has 3 nitrogen and oxygen atoms in total. The van der Waals surface area contributed by atoms with Crippen LogP contribution in [0.1, 0.15) is 46.0 Å². The van der Waals surface area contributed by atoms with Gasteiger partial charge in [0, 0.05) is 6.04 Å². The van der Waals surface area contributed by atoms with Crippen molar-refractivity contribution in [1.29, 1.82) is 0 Å². The number of hydrogen-bond acceptors (Lipinski definition) is 3. The van der Waals surface area contributed by atoms with Crippen LogP contribution in [0, 0.1) is 5.92 Å². The van der Waals surface area contributed by atoms with Crippen LogP contribution in [0.15, 0.2) is 24.3 Å². The van der Waals surface area contributed by atoms with E-state index in [-0.39, 0.29) is 0 Å². The zero-order chi connectivity index (χ0) is 14.9. The van der Waals surface area contributed by atoms with Gasteiger partial charge in [0.1, 0.15) is 0 Å². The van der Waals surface area contributed by atoms with Crippen LogP contribution >= 0.6 is 0 Å². The summed E-state index contributed by atoms with van der Waals surface area (Å²) in [7, 11) is 0. The standard InChI is InChI=1S/C18H29NO2/c1-3-13-19-16(15-11-12-15)8-7-14-21-18-10-6-5-9-17(18)20-4-2/h5-6,9-10,15-16,19H,3-4,7-8,11-14H2,1-2H3. The summed E-state index contributed by atoms with van der Waals surface area (Å²) in [6.45, 7) is 6.79. The second-order valence-corrected chi connectivity index (χ2v) is 5.77. The minimum absolute atomic E-state index is 0.672. The molecule has 1 saturated carbocycles. The molecule has 1 unspecified atom stereocenters. The lowest BCUT2D eigenvalue weighted by molar-refractivity contribution is 0.263. The van der Waals surface area contributed by atoms with E-state index in [1.54, 1.807) is 0 Å². The summed E-state index contributed by atoms with van der Waals surface area (Å²) in [5.41, 5.74) is 0. The molecular weight excluding hydrogens is 262 g/mol. The van der Waals surface area contributed by atoms with Gasteiger partial charge in [-0.25, -0.2) is 0 Å². The molecule has 1 N–H and O–H groups in total. The second-order valence-electron chi connectivity index (χ2n) is 5.77. The lowest BCUT2D eigenvalue weighted by Crippen LogP contribution is -2.32. The monoisotopic (exact) mass is 291 g/mol. The van der Waals surface area contributed by atoms with Crippen LogP contribution in [-0.4, -0.2) is 25.8 Å². The highest BCUT2D eigenvalue weighted by Gasteiger charge is 2.30. The van der Waals surface area contributed by atoms with Crippen LogP contribution in [0.3, 0.4) is 0 Å². The van der Waals surface area contributed by atoms with Crippen LogP contribution in [0.4, 0.5) is 0 Å². The maximum atomic E-state index is 5.89. The van der Waals surface area contributed by atoms with Crippen molar-refractivity contribution in [2.75, 3.05) is 19.8 Å². The highest BCUT2D eigenvalue weighted by Crippen LogP contribution is 2.34. The number of para-hydroxylation sites is 2. The number of ether oxygens (including phenoxy) is 2. The van der Waals surface area contributed by atoms with Gasteiger partial charge in [-0.15, -0.1) is 0 Å². The predicted octanol–water partition coefficient (Wildman–Crippen LogP) is 4.02. The van der Waals surface area contributed by atoms with Crippen LogP contribution in [0.25, 0.3) is 0 Å². The Morgan fingerprint density at radius 3 is 2.48 bits per heavy atom. The fourth-order valence-corrected chi connectivity index (χ4v) is 2.66.